The molecule has 0 aliphatic carbocycles. The number of para-hydroxylation sites is 2. The number of hydrogen-bond donors (Lipinski definition) is 3. The van der Waals surface area contributed by atoms with Crippen molar-refractivity contribution in [3.8, 4) is 6.07 Å². The molecule has 188 valence electrons. The van der Waals surface area contributed by atoms with Gasteiger partial charge < -0.3 is 16.0 Å². The minimum Gasteiger partial charge on any atom is -0.353 e. The molecular weight excluding hydrogens is 500 g/mol. The van der Waals surface area contributed by atoms with E-state index < -0.39 is 5.92 Å². The highest BCUT2D eigenvalue weighted by atomic mass is 32.2. The van der Waals surface area contributed by atoms with Gasteiger partial charge in [0, 0.05) is 27.5 Å². The van der Waals surface area contributed by atoms with E-state index in [2.05, 4.69) is 22.0 Å². The summed E-state index contributed by atoms with van der Waals surface area (Å²) in [6.07, 6.45) is 0.814. The lowest BCUT2D eigenvalue weighted by Gasteiger charge is -2.29. The van der Waals surface area contributed by atoms with Crippen molar-refractivity contribution in [2.24, 2.45) is 0 Å². The number of nitrogens with one attached hydrogen (secondary N) is 3. The van der Waals surface area contributed by atoms with Crippen LogP contribution >= 0.6 is 23.1 Å². The van der Waals surface area contributed by atoms with Crippen molar-refractivity contribution < 1.29 is 9.59 Å². The molecule has 6 nitrogen and oxygen atoms in total. The molecule has 1 aromatic heterocycles. The van der Waals surface area contributed by atoms with Gasteiger partial charge >= 0.3 is 0 Å². The van der Waals surface area contributed by atoms with Crippen molar-refractivity contribution in [2.75, 3.05) is 16.4 Å². The summed E-state index contributed by atoms with van der Waals surface area (Å²) in [5.41, 5.74) is 5.11. The highest BCUT2D eigenvalue weighted by Gasteiger charge is 2.35. The quantitative estimate of drug-likeness (QED) is 0.318. The summed E-state index contributed by atoms with van der Waals surface area (Å²) < 4.78 is 0. The first-order chi connectivity index (χ1) is 17.9. The van der Waals surface area contributed by atoms with Crippen molar-refractivity contribution in [1.29, 1.82) is 5.26 Å². The summed E-state index contributed by atoms with van der Waals surface area (Å²) in [7, 11) is 0. The summed E-state index contributed by atoms with van der Waals surface area (Å²) in [6.45, 7) is 5.81. The van der Waals surface area contributed by atoms with Crippen LogP contribution in [0.3, 0.4) is 0 Å². The fraction of sp³-hybridized carbons (Fsp3) is 0.207. The number of aryl methyl sites for hydroxylation is 2. The second-order valence-electron chi connectivity index (χ2n) is 8.58. The molecule has 8 heteroatoms. The predicted octanol–water partition coefficient (Wildman–Crippen LogP) is 6.33. The second-order valence-corrected chi connectivity index (χ2v) is 10.5. The average Bonchev–Trinajstić information content (AvgIpc) is 3.43. The zero-order valence-electron chi connectivity index (χ0n) is 20.9. The maximum atomic E-state index is 13.5. The van der Waals surface area contributed by atoms with E-state index in [-0.39, 0.29) is 17.6 Å². The van der Waals surface area contributed by atoms with Crippen molar-refractivity contribution >= 4 is 46.3 Å². The molecule has 3 aromatic rings. The molecule has 1 aliphatic heterocycles. The third kappa shape index (κ3) is 5.96. The van der Waals surface area contributed by atoms with E-state index in [1.54, 1.807) is 0 Å². The van der Waals surface area contributed by atoms with Gasteiger partial charge in [0.1, 0.15) is 0 Å². The molecule has 4 rings (SSSR count). The van der Waals surface area contributed by atoms with Crippen molar-refractivity contribution in [3.63, 3.8) is 0 Å². The van der Waals surface area contributed by atoms with Gasteiger partial charge in [-0.25, -0.2) is 0 Å². The lowest BCUT2D eigenvalue weighted by atomic mass is 9.86. The van der Waals surface area contributed by atoms with Crippen molar-refractivity contribution in [2.45, 2.75) is 33.1 Å². The van der Waals surface area contributed by atoms with Crippen LogP contribution in [-0.4, -0.2) is 17.6 Å². The molecular formula is C29H28N4O2S2. The van der Waals surface area contributed by atoms with Crippen LogP contribution in [0, 0.1) is 18.3 Å². The topological polar surface area (TPSA) is 94.0 Å². The Morgan fingerprint density at radius 3 is 2.43 bits per heavy atom. The van der Waals surface area contributed by atoms with Crippen LogP contribution in [0.25, 0.3) is 0 Å². The van der Waals surface area contributed by atoms with Crippen LogP contribution in [0.1, 0.15) is 35.8 Å². The Morgan fingerprint density at radius 1 is 1.03 bits per heavy atom. The van der Waals surface area contributed by atoms with E-state index in [0.29, 0.717) is 21.9 Å². The van der Waals surface area contributed by atoms with E-state index in [1.807, 2.05) is 86.8 Å². The van der Waals surface area contributed by atoms with E-state index in [9.17, 15) is 14.9 Å². The van der Waals surface area contributed by atoms with Crippen molar-refractivity contribution in [3.05, 3.63) is 104 Å². The molecule has 2 amide bonds. The molecule has 2 heterocycles. The fourth-order valence-corrected chi connectivity index (χ4v) is 5.98. The van der Waals surface area contributed by atoms with Gasteiger partial charge in [0.05, 0.1) is 28.3 Å². The van der Waals surface area contributed by atoms with E-state index in [0.717, 1.165) is 33.8 Å². The number of carbonyl (C=O) groups excluding carboxylic acids is 2. The Morgan fingerprint density at radius 2 is 1.76 bits per heavy atom. The molecule has 0 saturated carbocycles. The average molecular weight is 529 g/mol. The van der Waals surface area contributed by atoms with Gasteiger partial charge in [-0.05, 0) is 55.0 Å². The highest BCUT2D eigenvalue weighted by molar-refractivity contribution is 8.03. The Bertz CT molecular complexity index is 1420. The lowest BCUT2D eigenvalue weighted by molar-refractivity contribution is -0.114. The van der Waals surface area contributed by atoms with Crippen LogP contribution in [0.5, 0.6) is 0 Å². The summed E-state index contributed by atoms with van der Waals surface area (Å²) in [5.74, 6) is -0.819. The molecule has 3 N–H and O–H groups in total. The molecule has 0 spiro atoms. The summed E-state index contributed by atoms with van der Waals surface area (Å²) >= 11 is 2.77. The lowest BCUT2D eigenvalue weighted by Crippen LogP contribution is -2.31. The number of nitrogens with zero attached hydrogens (tertiary/aromatic N) is 1. The van der Waals surface area contributed by atoms with Gasteiger partial charge in [0.25, 0.3) is 5.91 Å². The fourth-order valence-electron chi connectivity index (χ4n) is 4.24. The maximum absolute atomic E-state index is 13.5. The molecule has 2 aromatic carbocycles. The zero-order chi connectivity index (χ0) is 26.4. The van der Waals surface area contributed by atoms with Crippen LogP contribution in [0.15, 0.2) is 87.9 Å². The Hall–Kier alpha value is -3.80. The Kier molecular flexibility index (Phi) is 8.49. The summed E-state index contributed by atoms with van der Waals surface area (Å²) in [5, 5.41) is 22.0. The van der Waals surface area contributed by atoms with E-state index in [4.69, 9.17) is 0 Å². The number of benzene rings is 2. The predicted molar refractivity (Wildman–Crippen MR) is 152 cm³/mol. The highest BCUT2D eigenvalue weighted by Crippen LogP contribution is 2.42. The van der Waals surface area contributed by atoms with Crippen LogP contribution in [0.2, 0.25) is 0 Å². The number of hydrogen-bond acceptors (Lipinski definition) is 6. The molecule has 0 radical (unpaired) electrons. The molecule has 1 atom stereocenters. The first kappa shape index (κ1) is 26.3. The molecule has 0 unspecified atom stereocenters. The standard InChI is InChI=1S/C29H28N4O2S2/c1-4-20-11-6-8-13-23(20)32-25(34)17-37-29-21(16-30)27(24-14-9-15-36-24)26(19(3)31-29)28(35)33-22-12-7-5-10-18(22)2/h5-15,27,31H,4,17H2,1-3H3,(H,32,34)(H,33,35)/t27-/m0/s1. The molecule has 0 saturated heterocycles. The minimum atomic E-state index is -0.526. The third-order valence-electron chi connectivity index (χ3n) is 6.13. The maximum Gasteiger partial charge on any atom is 0.254 e. The number of thiophene rings is 1. The second kappa shape index (κ2) is 12.0. The van der Waals surface area contributed by atoms with Crippen LogP contribution in [0.4, 0.5) is 11.4 Å². The number of thioether (sulfide) groups is 1. The number of rotatable bonds is 8. The van der Waals surface area contributed by atoms with E-state index in [1.165, 1.54) is 23.1 Å². The van der Waals surface area contributed by atoms with Crippen LogP contribution in [-0.2, 0) is 16.0 Å². The Labute approximate surface area is 225 Å². The smallest absolute Gasteiger partial charge is 0.254 e. The zero-order valence-corrected chi connectivity index (χ0v) is 22.6. The molecule has 0 fully saturated rings. The number of allylic oxidation sites excluding steroid dienone is 2. The number of nitriles is 1. The minimum absolute atomic E-state index is 0.126. The van der Waals surface area contributed by atoms with Crippen LogP contribution < -0.4 is 16.0 Å². The molecule has 0 bridgehead atoms. The molecule has 1 aliphatic rings. The van der Waals surface area contributed by atoms with Gasteiger partial charge in [-0.2, -0.15) is 5.26 Å². The Balaban J connectivity index is 1.59. The first-order valence-electron chi connectivity index (χ1n) is 12.0. The van der Waals surface area contributed by atoms with Gasteiger partial charge in [0.2, 0.25) is 5.91 Å². The monoisotopic (exact) mass is 528 g/mol. The van der Waals surface area contributed by atoms with Gasteiger partial charge in [0.15, 0.2) is 0 Å². The number of dihydropyridines is 1. The molecule has 37 heavy (non-hydrogen) atoms. The number of amides is 2. The first-order valence-corrected chi connectivity index (χ1v) is 13.8. The van der Waals surface area contributed by atoms with Gasteiger partial charge in [-0.1, -0.05) is 61.2 Å². The van der Waals surface area contributed by atoms with Gasteiger partial charge in [-0.3, -0.25) is 9.59 Å². The van der Waals surface area contributed by atoms with E-state index >= 15 is 0 Å². The number of carbonyl (C=O) groups is 2. The normalized spacial score (nSPS) is 15.1. The van der Waals surface area contributed by atoms with Gasteiger partial charge in [-0.15, -0.1) is 11.3 Å². The third-order valence-corrected chi connectivity index (χ3v) is 8.09. The number of anilines is 2. The largest absolute Gasteiger partial charge is 0.353 e. The SMILES string of the molecule is CCc1ccccc1NC(=O)CSC1=C(C#N)[C@@H](c2cccs2)C(C(=O)Nc2ccccc2C)=C(C)N1. The van der Waals surface area contributed by atoms with Crippen molar-refractivity contribution in [1.82, 2.24) is 5.32 Å². The summed E-state index contributed by atoms with van der Waals surface area (Å²) in [4.78, 5) is 27.2. The summed E-state index contributed by atoms with van der Waals surface area (Å²) in [6, 6.07) is 21.5.